The van der Waals surface area contributed by atoms with Crippen molar-refractivity contribution in [1.29, 1.82) is 0 Å². The maximum atomic E-state index is 13.7. The van der Waals surface area contributed by atoms with Crippen molar-refractivity contribution >= 4 is 17.7 Å². The zero-order valence-corrected chi connectivity index (χ0v) is 17.8. The van der Waals surface area contributed by atoms with Crippen LogP contribution in [0, 0.1) is 11.6 Å². The van der Waals surface area contributed by atoms with Crippen LogP contribution in [0.25, 0.3) is 0 Å². The summed E-state index contributed by atoms with van der Waals surface area (Å²) in [5, 5.41) is 7.80. The molecule has 3 N–H and O–H groups in total. The zero-order valence-electron chi connectivity index (χ0n) is 17.8. The third-order valence-corrected chi connectivity index (χ3v) is 5.02. The quantitative estimate of drug-likeness (QED) is 0.491. The van der Waals surface area contributed by atoms with Crippen LogP contribution in [0.2, 0.25) is 0 Å². The second-order valence-corrected chi connectivity index (χ2v) is 7.30. The number of benzene rings is 3. The van der Waals surface area contributed by atoms with Crippen LogP contribution in [0.4, 0.5) is 8.78 Å². The first kappa shape index (κ1) is 23.6. The Bertz CT molecular complexity index is 1120. The van der Waals surface area contributed by atoms with Crippen LogP contribution in [0.15, 0.2) is 78.9 Å². The van der Waals surface area contributed by atoms with Crippen LogP contribution in [0.1, 0.15) is 40.0 Å². The predicted octanol–water partition coefficient (Wildman–Crippen LogP) is 3.43. The Morgan fingerprint density at radius 2 is 1.42 bits per heavy atom. The van der Waals surface area contributed by atoms with Gasteiger partial charge in [0.1, 0.15) is 6.04 Å². The second-order valence-electron chi connectivity index (χ2n) is 7.30. The summed E-state index contributed by atoms with van der Waals surface area (Å²) in [6.45, 7) is 0. The van der Waals surface area contributed by atoms with Crippen molar-refractivity contribution in [2.45, 2.75) is 18.5 Å². The standard InChI is InChI=1S/C25H23F2N3O3/c1-28-25(33)23(18-12-13-19(26)20(27)14-18)30-22(31)15-21(16-8-4-2-5-9-16)29-24(32)17-10-6-3-7-11-17/h2-14,21,23H,15H2,1H3,(H,28,33)(H,29,32)(H,30,31). The molecule has 0 aliphatic heterocycles. The van der Waals surface area contributed by atoms with Crippen LogP contribution < -0.4 is 16.0 Å². The molecule has 33 heavy (non-hydrogen) atoms. The highest BCUT2D eigenvalue weighted by Crippen LogP contribution is 2.21. The van der Waals surface area contributed by atoms with Gasteiger partial charge in [-0.15, -0.1) is 0 Å². The van der Waals surface area contributed by atoms with E-state index in [1.54, 1.807) is 54.6 Å². The minimum Gasteiger partial charge on any atom is -0.357 e. The fraction of sp³-hybridized carbons (Fsp3) is 0.160. The Kier molecular flexibility index (Phi) is 7.86. The summed E-state index contributed by atoms with van der Waals surface area (Å²) in [5.41, 5.74) is 1.22. The maximum absolute atomic E-state index is 13.7. The van der Waals surface area contributed by atoms with E-state index in [-0.39, 0.29) is 17.9 Å². The topological polar surface area (TPSA) is 87.3 Å². The van der Waals surface area contributed by atoms with Crippen molar-refractivity contribution in [1.82, 2.24) is 16.0 Å². The van der Waals surface area contributed by atoms with E-state index in [4.69, 9.17) is 0 Å². The van der Waals surface area contributed by atoms with Gasteiger partial charge in [0, 0.05) is 12.6 Å². The largest absolute Gasteiger partial charge is 0.357 e. The Morgan fingerprint density at radius 3 is 2.03 bits per heavy atom. The van der Waals surface area contributed by atoms with Gasteiger partial charge in [-0.1, -0.05) is 54.6 Å². The van der Waals surface area contributed by atoms with E-state index in [9.17, 15) is 23.2 Å². The molecule has 0 saturated heterocycles. The predicted molar refractivity (Wildman–Crippen MR) is 119 cm³/mol. The fourth-order valence-corrected chi connectivity index (χ4v) is 3.31. The van der Waals surface area contributed by atoms with Gasteiger partial charge in [-0.2, -0.15) is 0 Å². The van der Waals surface area contributed by atoms with Crippen LogP contribution >= 0.6 is 0 Å². The Morgan fingerprint density at radius 1 is 0.788 bits per heavy atom. The number of hydrogen-bond donors (Lipinski definition) is 3. The van der Waals surface area contributed by atoms with E-state index in [1.165, 1.54) is 13.1 Å². The van der Waals surface area contributed by atoms with Gasteiger partial charge < -0.3 is 16.0 Å². The smallest absolute Gasteiger partial charge is 0.251 e. The van der Waals surface area contributed by atoms with Gasteiger partial charge in [-0.25, -0.2) is 8.78 Å². The lowest BCUT2D eigenvalue weighted by Crippen LogP contribution is -2.41. The molecule has 0 aliphatic carbocycles. The summed E-state index contributed by atoms with van der Waals surface area (Å²) in [7, 11) is 1.37. The molecule has 6 nitrogen and oxygen atoms in total. The van der Waals surface area contributed by atoms with Gasteiger partial charge in [0.2, 0.25) is 11.8 Å². The Balaban J connectivity index is 1.80. The SMILES string of the molecule is CNC(=O)C(NC(=O)CC(NC(=O)c1ccccc1)c1ccccc1)c1ccc(F)c(F)c1. The van der Waals surface area contributed by atoms with Gasteiger partial charge in [0.25, 0.3) is 5.91 Å². The minimum absolute atomic E-state index is 0.0891. The molecule has 0 fully saturated rings. The highest BCUT2D eigenvalue weighted by molar-refractivity contribution is 5.95. The number of carbonyl (C=O) groups is 3. The van der Waals surface area contributed by atoms with E-state index >= 15 is 0 Å². The number of halogens is 2. The summed E-state index contributed by atoms with van der Waals surface area (Å²) < 4.78 is 27.0. The third kappa shape index (κ3) is 6.22. The van der Waals surface area contributed by atoms with Crippen molar-refractivity contribution in [3.8, 4) is 0 Å². The maximum Gasteiger partial charge on any atom is 0.251 e. The molecule has 2 unspecified atom stereocenters. The van der Waals surface area contributed by atoms with Gasteiger partial charge >= 0.3 is 0 Å². The van der Waals surface area contributed by atoms with E-state index in [0.29, 0.717) is 11.1 Å². The summed E-state index contributed by atoms with van der Waals surface area (Å²) in [5.74, 6) is -3.71. The first-order chi connectivity index (χ1) is 15.9. The number of hydrogen-bond acceptors (Lipinski definition) is 3. The number of rotatable bonds is 8. The molecule has 0 spiro atoms. The van der Waals surface area contributed by atoms with E-state index in [0.717, 1.165) is 12.1 Å². The molecule has 3 aromatic rings. The van der Waals surface area contributed by atoms with E-state index in [1.807, 2.05) is 6.07 Å². The molecular formula is C25H23F2N3O3. The highest BCUT2D eigenvalue weighted by Gasteiger charge is 2.26. The lowest BCUT2D eigenvalue weighted by Gasteiger charge is -2.22. The molecule has 3 rings (SSSR count). The first-order valence-corrected chi connectivity index (χ1v) is 10.3. The molecule has 8 heteroatoms. The summed E-state index contributed by atoms with van der Waals surface area (Å²) in [6, 6.07) is 18.5. The second kappa shape index (κ2) is 11.0. The van der Waals surface area contributed by atoms with E-state index < -0.39 is 35.5 Å². The highest BCUT2D eigenvalue weighted by atomic mass is 19.2. The van der Waals surface area contributed by atoms with E-state index in [2.05, 4.69) is 16.0 Å². The molecular weight excluding hydrogens is 428 g/mol. The van der Waals surface area contributed by atoms with Crippen LogP contribution in [-0.4, -0.2) is 24.8 Å². The molecule has 0 radical (unpaired) electrons. The van der Waals surface area contributed by atoms with Crippen molar-refractivity contribution in [3.05, 3.63) is 107 Å². The number of nitrogens with one attached hydrogen (secondary N) is 3. The normalized spacial score (nSPS) is 12.3. The Labute approximate surface area is 190 Å². The van der Waals surface area contributed by atoms with Gasteiger partial charge in [0.15, 0.2) is 11.6 Å². The van der Waals surface area contributed by atoms with Crippen molar-refractivity contribution in [3.63, 3.8) is 0 Å². The average molecular weight is 451 g/mol. The van der Waals surface area contributed by atoms with Crippen molar-refractivity contribution in [2.24, 2.45) is 0 Å². The van der Waals surface area contributed by atoms with Gasteiger partial charge in [-0.05, 0) is 35.4 Å². The molecule has 0 bridgehead atoms. The lowest BCUT2D eigenvalue weighted by molar-refractivity contribution is -0.129. The number of carbonyl (C=O) groups excluding carboxylic acids is 3. The summed E-state index contributed by atoms with van der Waals surface area (Å²) in [6.07, 6.45) is -0.181. The number of amides is 3. The minimum atomic E-state index is -1.24. The van der Waals surface area contributed by atoms with Gasteiger partial charge in [0.05, 0.1) is 12.5 Å². The molecule has 3 amide bonds. The monoisotopic (exact) mass is 451 g/mol. The third-order valence-electron chi connectivity index (χ3n) is 5.02. The van der Waals surface area contributed by atoms with Crippen LogP contribution in [0.3, 0.4) is 0 Å². The molecule has 3 aromatic carbocycles. The molecule has 0 aliphatic rings. The summed E-state index contributed by atoms with van der Waals surface area (Å²) >= 11 is 0. The Hall–Kier alpha value is -4.07. The summed E-state index contributed by atoms with van der Waals surface area (Å²) in [4.78, 5) is 37.9. The first-order valence-electron chi connectivity index (χ1n) is 10.3. The average Bonchev–Trinajstić information content (AvgIpc) is 2.84. The molecule has 2 atom stereocenters. The zero-order chi connectivity index (χ0) is 23.8. The van der Waals surface area contributed by atoms with Gasteiger partial charge in [-0.3, -0.25) is 14.4 Å². The molecule has 0 heterocycles. The van der Waals surface area contributed by atoms with Crippen LogP contribution in [0.5, 0.6) is 0 Å². The molecule has 170 valence electrons. The fourth-order valence-electron chi connectivity index (χ4n) is 3.31. The number of likely N-dealkylation sites (N-methyl/N-ethyl adjacent to an activating group) is 1. The molecule has 0 aromatic heterocycles. The van der Waals surface area contributed by atoms with Crippen molar-refractivity contribution < 1.29 is 23.2 Å². The lowest BCUT2D eigenvalue weighted by atomic mass is 10.0. The molecule has 0 saturated carbocycles. The van der Waals surface area contributed by atoms with Crippen molar-refractivity contribution in [2.75, 3.05) is 7.05 Å². The van der Waals surface area contributed by atoms with Crippen LogP contribution in [-0.2, 0) is 9.59 Å².